The van der Waals surface area contributed by atoms with Gasteiger partial charge in [-0.1, -0.05) is 42.8 Å². The summed E-state index contributed by atoms with van der Waals surface area (Å²) in [5.41, 5.74) is 1.12. The first-order valence-corrected chi connectivity index (χ1v) is 9.48. The Labute approximate surface area is 145 Å². The molecular weight excluding hydrogens is 322 g/mol. The van der Waals surface area contributed by atoms with Crippen molar-refractivity contribution in [3.8, 4) is 0 Å². The Balaban J connectivity index is 1.39. The van der Waals surface area contributed by atoms with E-state index in [1.807, 2.05) is 18.2 Å². The van der Waals surface area contributed by atoms with Crippen LogP contribution in [0.25, 0.3) is 0 Å². The maximum absolute atomic E-state index is 12.1. The smallest absolute Gasteiger partial charge is 0.232 e. The van der Waals surface area contributed by atoms with Crippen molar-refractivity contribution < 1.29 is 4.79 Å². The van der Waals surface area contributed by atoms with Crippen LogP contribution < -0.4 is 10.2 Å². The van der Waals surface area contributed by atoms with Gasteiger partial charge in [-0.3, -0.25) is 9.36 Å². The molecule has 4 rings (SSSR count). The summed E-state index contributed by atoms with van der Waals surface area (Å²) >= 11 is 1.47. The number of para-hydroxylation sites is 1. The summed E-state index contributed by atoms with van der Waals surface area (Å²) in [5, 5.41) is 12.5. The van der Waals surface area contributed by atoms with E-state index in [1.54, 1.807) is 0 Å². The highest BCUT2D eigenvalue weighted by Gasteiger charge is 2.26. The number of hydrogen-bond acceptors (Lipinski definition) is 5. The standard InChI is InChI=1S/C17H21N5OS/c23-15(18-13-6-4-5-7-13)12-24-17-20-19-16-21(10-11-22(16)17)14-8-2-1-3-9-14/h1-3,8-9,13H,4-7,10-12H2,(H,18,23). The van der Waals surface area contributed by atoms with Gasteiger partial charge in [0.1, 0.15) is 0 Å². The highest BCUT2D eigenvalue weighted by molar-refractivity contribution is 7.99. The molecule has 1 amide bonds. The van der Waals surface area contributed by atoms with Crippen molar-refractivity contribution in [2.75, 3.05) is 17.2 Å². The molecule has 1 aromatic heterocycles. The third-order valence-corrected chi connectivity index (χ3v) is 5.57. The predicted octanol–water partition coefficient (Wildman–Crippen LogP) is 2.58. The van der Waals surface area contributed by atoms with Crippen LogP contribution in [-0.2, 0) is 11.3 Å². The van der Waals surface area contributed by atoms with Crippen LogP contribution in [0.3, 0.4) is 0 Å². The Kier molecular flexibility index (Phi) is 4.42. The van der Waals surface area contributed by atoms with Crippen LogP contribution in [0.15, 0.2) is 35.5 Å². The van der Waals surface area contributed by atoms with E-state index in [9.17, 15) is 4.79 Å². The molecule has 2 aromatic rings. The third kappa shape index (κ3) is 3.13. The lowest BCUT2D eigenvalue weighted by Crippen LogP contribution is -2.33. The van der Waals surface area contributed by atoms with Crippen molar-refractivity contribution in [1.82, 2.24) is 20.1 Å². The molecule has 1 aromatic carbocycles. The van der Waals surface area contributed by atoms with E-state index in [2.05, 4.69) is 37.1 Å². The molecule has 1 aliphatic heterocycles. The van der Waals surface area contributed by atoms with E-state index < -0.39 is 0 Å². The van der Waals surface area contributed by atoms with Gasteiger partial charge in [0, 0.05) is 24.8 Å². The minimum Gasteiger partial charge on any atom is -0.353 e. The molecule has 6 nitrogen and oxygen atoms in total. The number of thioether (sulfide) groups is 1. The van der Waals surface area contributed by atoms with Crippen molar-refractivity contribution in [2.45, 2.75) is 43.4 Å². The molecule has 0 radical (unpaired) electrons. The summed E-state index contributed by atoms with van der Waals surface area (Å²) in [7, 11) is 0. The molecule has 1 saturated carbocycles. The van der Waals surface area contributed by atoms with E-state index >= 15 is 0 Å². The molecule has 24 heavy (non-hydrogen) atoms. The van der Waals surface area contributed by atoms with Crippen LogP contribution in [0.4, 0.5) is 11.6 Å². The van der Waals surface area contributed by atoms with Crippen molar-refractivity contribution in [2.24, 2.45) is 0 Å². The number of aromatic nitrogens is 3. The first-order chi connectivity index (χ1) is 11.8. The van der Waals surface area contributed by atoms with Gasteiger partial charge in [-0.05, 0) is 25.0 Å². The second-order valence-corrected chi connectivity index (χ2v) is 7.20. The second kappa shape index (κ2) is 6.84. The van der Waals surface area contributed by atoms with E-state index in [1.165, 1.54) is 24.6 Å². The fourth-order valence-electron chi connectivity index (χ4n) is 3.41. The monoisotopic (exact) mass is 343 g/mol. The topological polar surface area (TPSA) is 63.1 Å². The number of anilines is 2. The van der Waals surface area contributed by atoms with Crippen molar-refractivity contribution in [3.63, 3.8) is 0 Å². The van der Waals surface area contributed by atoms with Gasteiger partial charge in [0.25, 0.3) is 0 Å². The van der Waals surface area contributed by atoms with Gasteiger partial charge in [0.05, 0.1) is 5.75 Å². The van der Waals surface area contributed by atoms with Crippen LogP contribution in [-0.4, -0.2) is 39.0 Å². The number of benzene rings is 1. The lowest BCUT2D eigenvalue weighted by atomic mass is 10.2. The third-order valence-electron chi connectivity index (χ3n) is 4.61. The Morgan fingerprint density at radius 1 is 1.17 bits per heavy atom. The molecule has 1 aliphatic carbocycles. The fourth-order valence-corrected chi connectivity index (χ4v) is 4.18. The number of carbonyl (C=O) groups excluding carboxylic acids is 1. The number of carbonyl (C=O) groups is 1. The molecular formula is C17H21N5OS. The molecule has 2 heterocycles. The van der Waals surface area contributed by atoms with Gasteiger partial charge in [-0.2, -0.15) is 0 Å². The number of hydrogen-bond donors (Lipinski definition) is 1. The van der Waals surface area contributed by atoms with Crippen molar-refractivity contribution in [1.29, 1.82) is 0 Å². The molecule has 126 valence electrons. The number of nitrogens with one attached hydrogen (secondary N) is 1. The first kappa shape index (κ1) is 15.5. The molecule has 2 aliphatic rings. The van der Waals surface area contributed by atoms with Crippen LogP contribution in [0, 0.1) is 0 Å². The molecule has 7 heteroatoms. The van der Waals surface area contributed by atoms with E-state index in [0.717, 1.165) is 42.7 Å². The van der Waals surface area contributed by atoms with Gasteiger partial charge in [0.2, 0.25) is 11.9 Å². The summed E-state index contributed by atoms with van der Waals surface area (Å²) in [5.74, 6) is 1.36. The predicted molar refractivity (Wildman–Crippen MR) is 94.6 cm³/mol. The van der Waals surface area contributed by atoms with Crippen molar-refractivity contribution in [3.05, 3.63) is 30.3 Å². The Morgan fingerprint density at radius 3 is 2.75 bits per heavy atom. The molecule has 0 unspecified atom stereocenters. The number of fused-ring (bicyclic) bond motifs is 1. The van der Waals surface area contributed by atoms with Crippen LogP contribution in [0.5, 0.6) is 0 Å². The zero-order valence-corrected chi connectivity index (χ0v) is 14.3. The minimum absolute atomic E-state index is 0.0992. The number of amides is 1. The molecule has 0 bridgehead atoms. The minimum atomic E-state index is 0.0992. The number of nitrogens with zero attached hydrogens (tertiary/aromatic N) is 4. The fraction of sp³-hybridized carbons (Fsp3) is 0.471. The highest BCUT2D eigenvalue weighted by Crippen LogP contribution is 2.31. The molecule has 1 fully saturated rings. The van der Waals surface area contributed by atoms with E-state index in [0.29, 0.717) is 11.8 Å². The SMILES string of the molecule is O=C(CSc1nnc2n1CCN2c1ccccc1)NC1CCCC1. The Morgan fingerprint density at radius 2 is 1.96 bits per heavy atom. The lowest BCUT2D eigenvalue weighted by molar-refractivity contribution is -0.119. The van der Waals surface area contributed by atoms with Gasteiger partial charge < -0.3 is 10.2 Å². The molecule has 0 spiro atoms. The molecule has 0 saturated heterocycles. The van der Waals surface area contributed by atoms with Gasteiger partial charge in [-0.15, -0.1) is 10.2 Å². The average Bonchev–Trinajstić information content (AvgIpc) is 3.32. The van der Waals surface area contributed by atoms with Crippen LogP contribution in [0.1, 0.15) is 25.7 Å². The summed E-state index contributed by atoms with van der Waals surface area (Å²) in [4.78, 5) is 14.2. The van der Waals surface area contributed by atoms with Crippen LogP contribution in [0.2, 0.25) is 0 Å². The summed E-state index contributed by atoms with van der Waals surface area (Å²) in [6, 6.07) is 10.6. The largest absolute Gasteiger partial charge is 0.353 e. The zero-order valence-electron chi connectivity index (χ0n) is 13.5. The first-order valence-electron chi connectivity index (χ1n) is 8.49. The lowest BCUT2D eigenvalue weighted by Gasteiger charge is -2.14. The Bertz CT molecular complexity index is 711. The van der Waals surface area contributed by atoms with Crippen molar-refractivity contribution >= 4 is 29.3 Å². The van der Waals surface area contributed by atoms with Gasteiger partial charge >= 0.3 is 0 Å². The summed E-state index contributed by atoms with van der Waals surface area (Å²) in [6.45, 7) is 1.74. The second-order valence-electron chi connectivity index (χ2n) is 6.26. The maximum Gasteiger partial charge on any atom is 0.232 e. The van der Waals surface area contributed by atoms with Crippen LogP contribution >= 0.6 is 11.8 Å². The average molecular weight is 343 g/mol. The summed E-state index contributed by atoms with van der Waals surface area (Å²) < 4.78 is 2.10. The Hall–Kier alpha value is -2.02. The van der Waals surface area contributed by atoms with E-state index in [-0.39, 0.29) is 5.91 Å². The molecule has 1 N–H and O–H groups in total. The van der Waals surface area contributed by atoms with E-state index in [4.69, 9.17) is 0 Å². The quantitative estimate of drug-likeness (QED) is 0.846. The van der Waals surface area contributed by atoms with Gasteiger partial charge in [0.15, 0.2) is 5.16 Å². The van der Waals surface area contributed by atoms with Gasteiger partial charge in [-0.25, -0.2) is 0 Å². The molecule has 0 atom stereocenters. The summed E-state index contributed by atoms with van der Waals surface area (Å²) in [6.07, 6.45) is 4.68. The normalized spacial score (nSPS) is 17.2. The maximum atomic E-state index is 12.1. The zero-order chi connectivity index (χ0) is 16.4. The highest BCUT2D eigenvalue weighted by atomic mass is 32.2. The number of rotatable bonds is 5.